The van der Waals surface area contributed by atoms with Crippen LogP contribution in [0.2, 0.25) is 0 Å². The molecule has 0 unspecified atom stereocenters. The van der Waals surface area contributed by atoms with Crippen LogP contribution in [0, 0.1) is 22.7 Å². The van der Waals surface area contributed by atoms with Gasteiger partial charge in [0.15, 0.2) is 5.78 Å². The van der Waals surface area contributed by atoms with Gasteiger partial charge in [0.2, 0.25) is 6.29 Å². The summed E-state index contributed by atoms with van der Waals surface area (Å²) in [6, 6.07) is 1.79. The number of epoxide rings is 1. The number of Topliss-reactive ketones (excluding diaryl/α,β-unsaturated/α-hetero) is 1. The topological polar surface area (TPSA) is 125 Å². The Labute approximate surface area is 191 Å². The lowest BCUT2D eigenvalue weighted by Gasteiger charge is -2.61. The zero-order chi connectivity index (χ0) is 23.6. The number of rotatable bonds is 4. The van der Waals surface area contributed by atoms with E-state index in [0.29, 0.717) is 25.9 Å². The molecule has 2 aliphatic heterocycles. The van der Waals surface area contributed by atoms with Crippen LogP contribution in [0.1, 0.15) is 58.1 Å². The maximum absolute atomic E-state index is 13.7. The smallest absolute Gasteiger partial charge is 0.304 e. The minimum Gasteiger partial charge on any atom is -0.472 e. The minimum atomic E-state index is -1.36. The summed E-state index contributed by atoms with van der Waals surface area (Å²) in [5, 5.41) is 11.5. The molecule has 180 valence electrons. The van der Waals surface area contributed by atoms with Crippen molar-refractivity contribution in [2.75, 3.05) is 13.2 Å². The van der Waals surface area contributed by atoms with Crippen molar-refractivity contribution >= 4 is 17.7 Å². The van der Waals surface area contributed by atoms with Gasteiger partial charge >= 0.3 is 11.9 Å². The van der Waals surface area contributed by atoms with Crippen molar-refractivity contribution in [3.8, 4) is 0 Å². The molecule has 0 bridgehead atoms. The normalized spacial score (nSPS) is 44.0. The van der Waals surface area contributed by atoms with E-state index in [9.17, 15) is 19.5 Å². The molecule has 0 aromatic carbocycles. The first-order valence-corrected chi connectivity index (χ1v) is 11.5. The lowest BCUT2D eigenvalue weighted by molar-refractivity contribution is -0.255. The summed E-state index contributed by atoms with van der Waals surface area (Å²) in [6.45, 7) is 4.62. The fraction of sp³-hybridized carbons (Fsp3) is 0.708. The summed E-state index contributed by atoms with van der Waals surface area (Å²) < 4.78 is 28.7. The molecule has 9 heteroatoms. The summed E-state index contributed by atoms with van der Waals surface area (Å²) in [7, 11) is 0. The highest BCUT2D eigenvalue weighted by Gasteiger charge is 2.79. The van der Waals surface area contributed by atoms with Crippen molar-refractivity contribution in [3.63, 3.8) is 0 Å². The van der Waals surface area contributed by atoms with Crippen molar-refractivity contribution in [2.45, 2.75) is 70.6 Å². The standard InChI is InChI=1S/C24H30O9/c1-13-19(27)20(28)24(12-30-14(2)25)18(5-4-7-22(24)11-31-22)23(13)9-17(16-6-8-29-10-16)33-21(23)32-15(3)26/h6,8,10,13,17-18,20-21,28H,4-5,7,9,11-12H2,1-3H3/t13-,17+,18+,20+,21-,22+,23-,24+/m0/s1. The van der Waals surface area contributed by atoms with Crippen LogP contribution in [0.15, 0.2) is 23.0 Å². The molecule has 4 aliphatic rings. The number of aliphatic hydroxyl groups excluding tert-OH is 1. The molecule has 9 nitrogen and oxygen atoms in total. The maximum Gasteiger partial charge on any atom is 0.304 e. The van der Waals surface area contributed by atoms with Gasteiger partial charge in [0.25, 0.3) is 0 Å². The third-order valence-electron chi connectivity index (χ3n) is 8.64. The van der Waals surface area contributed by atoms with Gasteiger partial charge in [-0.25, -0.2) is 0 Å². The number of ketones is 1. The number of ether oxygens (including phenoxy) is 4. The molecule has 1 aromatic rings. The summed E-state index contributed by atoms with van der Waals surface area (Å²) in [5.74, 6) is -2.38. The van der Waals surface area contributed by atoms with Gasteiger partial charge in [-0.1, -0.05) is 13.3 Å². The third kappa shape index (κ3) is 3.05. The van der Waals surface area contributed by atoms with Gasteiger partial charge < -0.3 is 28.5 Å². The first-order valence-electron chi connectivity index (χ1n) is 11.5. The average Bonchev–Trinajstić information content (AvgIpc) is 3.19. The Balaban J connectivity index is 1.66. The largest absolute Gasteiger partial charge is 0.472 e. The monoisotopic (exact) mass is 462 g/mol. The molecular weight excluding hydrogens is 432 g/mol. The Morgan fingerprint density at radius 2 is 2.03 bits per heavy atom. The van der Waals surface area contributed by atoms with E-state index in [0.717, 1.165) is 12.0 Å². The Kier molecular flexibility index (Phi) is 5.23. The molecule has 3 heterocycles. The van der Waals surface area contributed by atoms with E-state index in [1.165, 1.54) is 13.8 Å². The number of esters is 2. The molecule has 4 fully saturated rings. The second kappa shape index (κ2) is 7.65. The first-order chi connectivity index (χ1) is 15.7. The highest BCUT2D eigenvalue weighted by Crippen LogP contribution is 2.71. The fourth-order valence-electron chi connectivity index (χ4n) is 7.05. The number of carbonyl (C=O) groups is 3. The molecule has 2 saturated carbocycles. The fourth-order valence-corrected chi connectivity index (χ4v) is 7.05. The van der Waals surface area contributed by atoms with E-state index in [1.807, 2.05) is 0 Å². The van der Waals surface area contributed by atoms with Crippen LogP contribution in [0.25, 0.3) is 0 Å². The molecule has 33 heavy (non-hydrogen) atoms. The van der Waals surface area contributed by atoms with Crippen molar-refractivity contribution in [1.82, 2.24) is 0 Å². The van der Waals surface area contributed by atoms with Crippen LogP contribution >= 0.6 is 0 Å². The number of fused-ring (bicyclic) bond motifs is 3. The van der Waals surface area contributed by atoms with Crippen LogP contribution in [0.3, 0.4) is 0 Å². The number of carbonyl (C=O) groups excluding carboxylic acids is 3. The SMILES string of the molecule is CC(=O)OC[C@]12[C@H](O)C(=O)[C@H](C)[C@@]3(C[C@H](c4ccoc4)O[C@@H]3OC(C)=O)[C@H]1CCC[C@@]21CO1. The lowest BCUT2D eigenvalue weighted by atomic mass is 9.42. The molecule has 8 atom stereocenters. The second-order valence-corrected chi connectivity index (χ2v) is 10.0. The van der Waals surface area contributed by atoms with E-state index in [4.69, 9.17) is 23.4 Å². The number of hydrogen-bond acceptors (Lipinski definition) is 9. The maximum atomic E-state index is 13.7. The highest BCUT2D eigenvalue weighted by molar-refractivity contribution is 5.88. The van der Waals surface area contributed by atoms with Crippen molar-refractivity contribution in [1.29, 1.82) is 0 Å². The van der Waals surface area contributed by atoms with Crippen LogP contribution in [0.4, 0.5) is 0 Å². The van der Waals surface area contributed by atoms with Gasteiger partial charge in [0.1, 0.15) is 18.3 Å². The molecule has 5 rings (SSSR count). The number of furan rings is 1. The molecule has 1 N–H and O–H groups in total. The first kappa shape index (κ1) is 22.6. The van der Waals surface area contributed by atoms with Crippen LogP contribution in [-0.4, -0.2) is 54.0 Å². The number of hydrogen-bond donors (Lipinski definition) is 1. The zero-order valence-electron chi connectivity index (χ0n) is 19.1. The van der Waals surface area contributed by atoms with E-state index in [2.05, 4.69) is 0 Å². The van der Waals surface area contributed by atoms with Gasteiger partial charge in [-0.3, -0.25) is 14.4 Å². The highest BCUT2D eigenvalue weighted by atomic mass is 16.7. The summed E-state index contributed by atoms with van der Waals surface area (Å²) >= 11 is 0. The minimum absolute atomic E-state index is 0.141. The predicted octanol–water partition coefficient (Wildman–Crippen LogP) is 2.31. The molecule has 0 amide bonds. The van der Waals surface area contributed by atoms with Crippen LogP contribution in [-0.2, 0) is 33.3 Å². The third-order valence-corrected chi connectivity index (χ3v) is 8.64. The van der Waals surface area contributed by atoms with E-state index in [-0.39, 0.29) is 18.3 Å². The molecule has 2 saturated heterocycles. The Hall–Kier alpha value is -2.23. The van der Waals surface area contributed by atoms with Crippen molar-refractivity contribution in [2.24, 2.45) is 22.7 Å². The predicted molar refractivity (Wildman–Crippen MR) is 110 cm³/mol. The zero-order valence-corrected chi connectivity index (χ0v) is 19.1. The summed E-state index contributed by atoms with van der Waals surface area (Å²) in [4.78, 5) is 37.6. The van der Waals surface area contributed by atoms with Gasteiger partial charge in [-0.15, -0.1) is 0 Å². The van der Waals surface area contributed by atoms with Gasteiger partial charge in [0, 0.05) is 30.7 Å². The van der Waals surface area contributed by atoms with Gasteiger partial charge in [-0.2, -0.15) is 0 Å². The van der Waals surface area contributed by atoms with Crippen LogP contribution in [0.5, 0.6) is 0 Å². The second-order valence-electron chi connectivity index (χ2n) is 10.0. The quantitative estimate of drug-likeness (QED) is 0.530. The summed E-state index contributed by atoms with van der Waals surface area (Å²) in [6.07, 6.45) is 2.82. The van der Waals surface area contributed by atoms with Crippen molar-refractivity contribution in [3.05, 3.63) is 24.2 Å². The Morgan fingerprint density at radius 1 is 1.27 bits per heavy atom. The summed E-state index contributed by atoms with van der Waals surface area (Å²) in [5.41, 5.74) is -2.05. The van der Waals surface area contributed by atoms with Gasteiger partial charge in [-0.05, 0) is 31.2 Å². The average molecular weight is 462 g/mol. The molecule has 1 aromatic heterocycles. The lowest BCUT2D eigenvalue weighted by Crippen LogP contribution is -2.71. The van der Waals surface area contributed by atoms with Gasteiger partial charge in [0.05, 0.1) is 30.7 Å². The molecule has 2 aliphatic carbocycles. The van der Waals surface area contributed by atoms with E-state index >= 15 is 0 Å². The van der Waals surface area contributed by atoms with E-state index in [1.54, 1.807) is 25.5 Å². The number of aliphatic hydroxyl groups is 1. The Bertz CT molecular complexity index is 951. The van der Waals surface area contributed by atoms with E-state index < -0.39 is 52.8 Å². The Morgan fingerprint density at radius 3 is 2.64 bits per heavy atom. The molecular formula is C24H30O9. The van der Waals surface area contributed by atoms with Crippen molar-refractivity contribution < 1.29 is 42.9 Å². The molecule has 0 radical (unpaired) electrons. The van der Waals surface area contributed by atoms with Crippen LogP contribution < -0.4 is 0 Å². The molecule has 2 spiro atoms.